The first-order valence-electron chi connectivity index (χ1n) is 6.58. The zero-order valence-corrected chi connectivity index (χ0v) is 14.0. The van der Waals surface area contributed by atoms with E-state index in [1.54, 1.807) is 31.6 Å². The molecule has 2 rings (SSSR count). The van der Waals surface area contributed by atoms with Crippen molar-refractivity contribution in [1.29, 1.82) is 0 Å². The number of carbonyl (C=O) groups is 1. The van der Waals surface area contributed by atoms with Crippen molar-refractivity contribution in [2.24, 2.45) is 0 Å². The van der Waals surface area contributed by atoms with Gasteiger partial charge in [-0.3, -0.25) is 4.68 Å². The van der Waals surface area contributed by atoms with E-state index in [2.05, 4.69) is 27.7 Å². The lowest BCUT2D eigenvalue weighted by molar-refractivity contribution is 0.00575. The molecule has 0 aromatic carbocycles. The van der Waals surface area contributed by atoms with Gasteiger partial charge in [-0.25, -0.2) is 9.18 Å². The molecule has 7 heteroatoms. The van der Waals surface area contributed by atoms with Gasteiger partial charge >= 0.3 is 6.09 Å². The number of halogens is 2. The minimum Gasteiger partial charge on any atom is -0.444 e. The van der Waals surface area contributed by atoms with Crippen molar-refractivity contribution in [1.82, 2.24) is 14.7 Å². The van der Waals surface area contributed by atoms with Crippen LogP contribution >= 0.6 is 22.6 Å². The van der Waals surface area contributed by atoms with Crippen molar-refractivity contribution < 1.29 is 13.9 Å². The molecule has 0 aliphatic carbocycles. The molecule has 1 amide bonds. The summed E-state index contributed by atoms with van der Waals surface area (Å²) in [4.78, 5) is 13.4. The maximum absolute atomic E-state index is 14.3. The molecular formula is C13H19FIN3O2. The first kappa shape index (κ1) is 15.5. The number of hydrogen-bond donors (Lipinski definition) is 0. The number of alkyl halides is 1. The Morgan fingerprint density at radius 2 is 2.25 bits per heavy atom. The standard InChI is InChI=1S/C13H19FIN3O2/c1-13(2,3)20-12(19)17-5-4-11(10(14)8-17)18-7-9(15)6-16-18/h6-7,10-11H,4-5,8H2,1-3H3/t10-,11-/m0/s1. The van der Waals surface area contributed by atoms with Gasteiger partial charge in [-0.2, -0.15) is 5.10 Å². The van der Waals surface area contributed by atoms with E-state index in [-0.39, 0.29) is 12.6 Å². The summed E-state index contributed by atoms with van der Waals surface area (Å²) in [6.07, 6.45) is 2.48. The van der Waals surface area contributed by atoms with E-state index in [9.17, 15) is 9.18 Å². The molecule has 0 radical (unpaired) electrons. The minimum absolute atomic E-state index is 0.0516. The van der Waals surface area contributed by atoms with Crippen LogP contribution in [0, 0.1) is 3.57 Å². The molecule has 1 fully saturated rings. The molecular weight excluding hydrogens is 376 g/mol. The van der Waals surface area contributed by atoms with Crippen LogP contribution < -0.4 is 0 Å². The number of carbonyl (C=O) groups excluding carboxylic acids is 1. The van der Waals surface area contributed by atoms with Crippen LogP contribution in [0.3, 0.4) is 0 Å². The predicted molar refractivity (Wildman–Crippen MR) is 81.3 cm³/mol. The van der Waals surface area contributed by atoms with E-state index >= 15 is 0 Å². The van der Waals surface area contributed by atoms with Gasteiger partial charge in [-0.15, -0.1) is 0 Å². The molecule has 2 atom stereocenters. The molecule has 2 heterocycles. The average Bonchev–Trinajstić information content (AvgIpc) is 2.73. The van der Waals surface area contributed by atoms with Crippen LogP contribution in [0.2, 0.25) is 0 Å². The highest BCUT2D eigenvalue weighted by Crippen LogP contribution is 2.26. The number of hydrogen-bond acceptors (Lipinski definition) is 3. The van der Waals surface area contributed by atoms with Gasteiger partial charge in [0.1, 0.15) is 11.8 Å². The van der Waals surface area contributed by atoms with Crippen molar-refractivity contribution in [3.8, 4) is 0 Å². The summed E-state index contributed by atoms with van der Waals surface area (Å²) in [6.45, 7) is 5.94. The van der Waals surface area contributed by atoms with Crippen LogP contribution in [0.1, 0.15) is 33.2 Å². The van der Waals surface area contributed by atoms with Gasteiger partial charge in [0.25, 0.3) is 0 Å². The smallest absolute Gasteiger partial charge is 0.410 e. The number of likely N-dealkylation sites (tertiary alicyclic amines) is 1. The Kier molecular flexibility index (Phi) is 4.55. The van der Waals surface area contributed by atoms with Gasteiger partial charge in [0.15, 0.2) is 0 Å². The highest BCUT2D eigenvalue weighted by molar-refractivity contribution is 14.1. The van der Waals surface area contributed by atoms with Crippen LogP contribution in [-0.2, 0) is 4.74 Å². The summed E-state index contributed by atoms with van der Waals surface area (Å²) in [5.74, 6) is 0. The number of ether oxygens (including phenoxy) is 1. The predicted octanol–water partition coefficient (Wildman–Crippen LogP) is 3.01. The van der Waals surface area contributed by atoms with Gasteiger partial charge in [0, 0.05) is 12.7 Å². The van der Waals surface area contributed by atoms with E-state index in [1.807, 2.05) is 6.20 Å². The second-order valence-electron chi connectivity index (χ2n) is 5.94. The highest BCUT2D eigenvalue weighted by Gasteiger charge is 2.34. The summed E-state index contributed by atoms with van der Waals surface area (Å²) in [7, 11) is 0. The first-order valence-corrected chi connectivity index (χ1v) is 7.66. The summed E-state index contributed by atoms with van der Waals surface area (Å²) < 4.78 is 22.2. The normalized spacial score (nSPS) is 23.8. The lowest BCUT2D eigenvalue weighted by Crippen LogP contribution is -2.47. The van der Waals surface area contributed by atoms with Gasteiger partial charge in [-0.05, 0) is 49.8 Å². The fourth-order valence-corrected chi connectivity index (χ4v) is 2.59. The molecule has 1 aliphatic heterocycles. The third-order valence-corrected chi connectivity index (χ3v) is 3.63. The zero-order chi connectivity index (χ0) is 14.9. The molecule has 1 aliphatic rings. The first-order chi connectivity index (χ1) is 9.26. The third kappa shape index (κ3) is 3.83. The SMILES string of the molecule is CC(C)(C)OC(=O)N1CC[C@H](n2cc(I)cn2)[C@@H](F)C1. The fraction of sp³-hybridized carbons (Fsp3) is 0.692. The number of aromatic nitrogens is 2. The van der Waals surface area contributed by atoms with E-state index in [1.165, 1.54) is 4.90 Å². The van der Waals surface area contributed by atoms with Gasteiger partial charge in [-0.1, -0.05) is 0 Å². The molecule has 0 spiro atoms. The Morgan fingerprint density at radius 1 is 1.55 bits per heavy atom. The zero-order valence-electron chi connectivity index (χ0n) is 11.8. The lowest BCUT2D eigenvalue weighted by atomic mass is 10.0. The quantitative estimate of drug-likeness (QED) is 0.687. The number of rotatable bonds is 1. The van der Waals surface area contributed by atoms with Crippen LogP contribution in [0.25, 0.3) is 0 Å². The van der Waals surface area contributed by atoms with Crippen molar-refractivity contribution in [3.63, 3.8) is 0 Å². The van der Waals surface area contributed by atoms with Crippen LogP contribution in [0.15, 0.2) is 12.4 Å². The van der Waals surface area contributed by atoms with Gasteiger partial charge < -0.3 is 9.64 Å². The summed E-state index contributed by atoms with van der Waals surface area (Å²) in [5.41, 5.74) is -0.558. The molecule has 0 unspecified atom stereocenters. The molecule has 0 N–H and O–H groups in total. The van der Waals surface area contributed by atoms with Crippen LogP contribution in [-0.4, -0.2) is 45.6 Å². The molecule has 1 saturated heterocycles. The number of nitrogens with zero attached hydrogens (tertiary/aromatic N) is 3. The molecule has 5 nitrogen and oxygen atoms in total. The molecule has 1 aromatic rings. The van der Waals surface area contributed by atoms with Crippen molar-refractivity contribution in [2.75, 3.05) is 13.1 Å². The average molecular weight is 395 g/mol. The second-order valence-corrected chi connectivity index (χ2v) is 7.18. The Bertz CT molecular complexity index is 486. The van der Waals surface area contributed by atoms with Crippen LogP contribution in [0.5, 0.6) is 0 Å². The Labute approximate surface area is 131 Å². The van der Waals surface area contributed by atoms with Gasteiger partial charge in [0.2, 0.25) is 0 Å². The Hall–Kier alpha value is -0.860. The summed E-state index contributed by atoms with van der Waals surface area (Å²) in [5, 5.41) is 4.15. The number of amides is 1. The summed E-state index contributed by atoms with van der Waals surface area (Å²) >= 11 is 2.14. The van der Waals surface area contributed by atoms with Crippen molar-refractivity contribution >= 4 is 28.7 Å². The third-order valence-electron chi connectivity index (χ3n) is 3.07. The maximum Gasteiger partial charge on any atom is 0.410 e. The van der Waals surface area contributed by atoms with Crippen LogP contribution in [0.4, 0.5) is 9.18 Å². The minimum atomic E-state index is -1.13. The Morgan fingerprint density at radius 3 is 2.75 bits per heavy atom. The largest absolute Gasteiger partial charge is 0.444 e. The lowest BCUT2D eigenvalue weighted by Gasteiger charge is -2.35. The summed E-state index contributed by atoms with van der Waals surface area (Å²) in [6, 6.07) is -0.308. The highest BCUT2D eigenvalue weighted by atomic mass is 127. The van der Waals surface area contributed by atoms with E-state index < -0.39 is 17.9 Å². The van der Waals surface area contributed by atoms with Crippen molar-refractivity contribution in [3.05, 3.63) is 16.0 Å². The number of piperidine rings is 1. The molecule has 0 bridgehead atoms. The monoisotopic (exact) mass is 395 g/mol. The molecule has 112 valence electrons. The molecule has 1 aromatic heterocycles. The van der Waals surface area contributed by atoms with E-state index in [0.717, 1.165) is 3.57 Å². The Balaban J connectivity index is 1.97. The second kappa shape index (κ2) is 5.87. The topological polar surface area (TPSA) is 47.4 Å². The van der Waals surface area contributed by atoms with Gasteiger partial charge in [0.05, 0.1) is 22.4 Å². The van der Waals surface area contributed by atoms with E-state index in [4.69, 9.17) is 4.74 Å². The maximum atomic E-state index is 14.3. The fourth-order valence-electron chi connectivity index (χ4n) is 2.18. The molecule has 0 saturated carbocycles. The van der Waals surface area contributed by atoms with Crippen molar-refractivity contribution in [2.45, 2.75) is 45.0 Å². The van der Waals surface area contributed by atoms with E-state index in [0.29, 0.717) is 13.0 Å². The molecule has 20 heavy (non-hydrogen) atoms.